The zero-order chi connectivity index (χ0) is 15.9. The Hall–Kier alpha value is -2.28. The number of nitrogens with zero attached hydrogens (tertiary/aromatic N) is 4. The van der Waals surface area contributed by atoms with Crippen LogP contribution in [0.3, 0.4) is 0 Å². The summed E-state index contributed by atoms with van der Waals surface area (Å²) < 4.78 is 1.50. The number of nitrogens with one attached hydrogen (secondary N) is 1. The molecule has 1 amide bonds. The predicted molar refractivity (Wildman–Crippen MR) is 80.9 cm³/mol. The molecule has 0 bridgehead atoms. The second-order valence-corrected chi connectivity index (χ2v) is 5.39. The van der Waals surface area contributed by atoms with Crippen LogP contribution < -0.4 is 5.32 Å². The third kappa shape index (κ3) is 4.11. The number of carbonyl (C=O) groups is 1. The van der Waals surface area contributed by atoms with Gasteiger partial charge in [-0.05, 0) is 22.4 Å². The van der Waals surface area contributed by atoms with Gasteiger partial charge in [0.25, 0.3) is 0 Å². The second kappa shape index (κ2) is 7.65. The molecule has 1 unspecified atom stereocenters. The van der Waals surface area contributed by atoms with Gasteiger partial charge in [-0.2, -0.15) is 0 Å². The molecule has 1 aromatic carbocycles. The number of hydrogen-bond donors (Lipinski definition) is 2. The molecule has 0 spiro atoms. The molecule has 1 aromatic heterocycles. The molecule has 22 heavy (non-hydrogen) atoms. The Morgan fingerprint density at radius 1 is 1.32 bits per heavy atom. The standard InChI is InChI=1S/C15H21N5O2/c1-11(2)15-17-18-19-20(15)10-14(22)16-13(8-9-21)12-6-4-3-5-7-12/h3-7,11,13,21H,8-10H2,1-2H3,(H,16,22). The molecule has 2 aromatic rings. The molecule has 1 atom stereocenters. The van der Waals surface area contributed by atoms with E-state index in [0.29, 0.717) is 12.2 Å². The fourth-order valence-electron chi connectivity index (χ4n) is 2.25. The van der Waals surface area contributed by atoms with Gasteiger partial charge in [-0.3, -0.25) is 4.79 Å². The number of carbonyl (C=O) groups excluding carboxylic acids is 1. The van der Waals surface area contributed by atoms with Crippen LogP contribution in [0.4, 0.5) is 0 Å². The Morgan fingerprint density at radius 2 is 2.05 bits per heavy atom. The van der Waals surface area contributed by atoms with Gasteiger partial charge in [0.2, 0.25) is 5.91 Å². The van der Waals surface area contributed by atoms with Crippen LogP contribution in [0.2, 0.25) is 0 Å². The van der Waals surface area contributed by atoms with Crippen molar-refractivity contribution in [3.05, 3.63) is 41.7 Å². The summed E-state index contributed by atoms with van der Waals surface area (Å²) in [5.74, 6) is 0.634. The van der Waals surface area contributed by atoms with E-state index < -0.39 is 0 Å². The minimum atomic E-state index is -0.224. The molecule has 1 heterocycles. The summed E-state index contributed by atoms with van der Waals surface area (Å²) in [4.78, 5) is 12.2. The van der Waals surface area contributed by atoms with Gasteiger partial charge in [-0.25, -0.2) is 4.68 Å². The van der Waals surface area contributed by atoms with E-state index in [-0.39, 0.29) is 31.0 Å². The molecule has 7 heteroatoms. The number of tetrazole rings is 1. The monoisotopic (exact) mass is 303 g/mol. The van der Waals surface area contributed by atoms with E-state index in [1.165, 1.54) is 4.68 Å². The SMILES string of the molecule is CC(C)c1nnnn1CC(=O)NC(CCO)c1ccccc1. The zero-order valence-electron chi connectivity index (χ0n) is 12.8. The third-order valence-corrected chi connectivity index (χ3v) is 3.32. The zero-order valence-corrected chi connectivity index (χ0v) is 12.8. The molecule has 0 fully saturated rings. The molecule has 2 rings (SSSR count). The summed E-state index contributed by atoms with van der Waals surface area (Å²) in [5.41, 5.74) is 0.964. The molecule has 0 saturated carbocycles. The fraction of sp³-hybridized carbons (Fsp3) is 0.467. The summed E-state index contributed by atoms with van der Waals surface area (Å²) in [7, 11) is 0. The Bertz CT molecular complexity index is 597. The number of aliphatic hydroxyl groups excluding tert-OH is 1. The van der Waals surface area contributed by atoms with Crippen LogP contribution in [-0.4, -0.2) is 37.8 Å². The first-order valence-corrected chi connectivity index (χ1v) is 7.33. The average Bonchev–Trinajstić information content (AvgIpc) is 2.96. The number of aromatic nitrogens is 4. The molecule has 118 valence electrons. The van der Waals surface area contributed by atoms with Gasteiger partial charge in [0, 0.05) is 12.5 Å². The first kappa shape index (κ1) is 16.1. The van der Waals surface area contributed by atoms with Crippen molar-refractivity contribution in [1.82, 2.24) is 25.5 Å². The molecule has 0 radical (unpaired) electrons. The molecule has 0 aliphatic carbocycles. The Balaban J connectivity index is 2.04. The van der Waals surface area contributed by atoms with Gasteiger partial charge in [0.05, 0.1) is 6.04 Å². The lowest BCUT2D eigenvalue weighted by atomic mass is 10.0. The van der Waals surface area contributed by atoms with E-state index >= 15 is 0 Å². The normalized spacial score (nSPS) is 12.4. The lowest BCUT2D eigenvalue weighted by Gasteiger charge is -2.18. The van der Waals surface area contributed by atoms with Gasteiger partial charge < -0.3 is 10.4 Å². The van der Waals surface area contributed by atoms with Gasteiger partial charge in [0.1, 0.15) is 6.54 Å². The minimum absolute atomic E-state index is 0.00195. The smallest absolute Gasteiger partial charge is 0.242 e. The van der Waals surface area contributed by atoms with Gasteiger partial charge in [-0.1, -0.05) is 44.2 Å². The van der Waals surface area contributed by atoms with Crippen molar-refractivity contribution in [2.45, 2.75) is 38.8 Å². The molecule has 7 nitrogen and oxygen atoms in total. The maximum absolute atomic E-state index is 12.2. The lowest BCUT2D eigenvalue weighted by Crippen LogP contribution is -2.33. The van der Waals surface area contributed by atoms with Crippen LogP contribution in [0.15, 0.2) is 30.3 Å². The number of aliphatic hydroxyl groups is 1. The quantitative estimate of drug-likeness (QED) is 0.797. The molecule has 0 aliphatic rings. The minimum Gasteiger partial charge on any atom is -0.396 e. The topological polar surface area (TPSA) is 92.9 Å². The Morgan fingerprint density at radius 3 is 2.68 bits per heavy atom. The second-order valence-electron chi connectivity index (χ2n) is 5.39. The van der Waals surface area contributed by atoms with E-state index in [1.54, 1.807) is 0 Å². The lowest BCUT2D eigenvalue weighted by molar-refractivity contribution is -0.122. The summed E-state index contributed by atoms with van der Waals surface area (Å²) in [6.45, 7) is 4.01. The Labute approximate surface area is 129 Å². The van der Waals surface area contributed by atoms with Gasteiger partial charge in [0.15, 0.2) is 5.82 Å². The van der Waals surface area contributed by atoms with E-state index in [4.69, 9.17) is 0 Å². The highest BCUT2D eigenvalue weighted by Gasteiger charge is 2.17. The van der Waals surface area contributed by atoms with Crippen LogP contribution in [0.25, 0.3) is 0 Å². The molecule has 2 N–H and O–H groups in total. The maximum atomic E-state index is 12.2. The van der Waals surface area contributed by atoms with Crippen molar-refractivity contribution in [2.75, 3.05) is 6.61 Å². The molecule has 0 aliphatic heterocycles. The van der Waals surface area contributed by atoms with E-state index in [2.05, 4.69) is 20.8 Å². The molecule has 0 saturated heterocycles. The highest BCUT2D eigenvalue weighted by atomic mass is 16.3. The summed E-state index contributed by atoms with van der Waals surface area (Å²) >= 11 is 0. The van der Waals surface area contributed by atoms with Gasteiger partial charge in [-0.15, -0.1) is 5.10 Å². The van der Waals surface area contributed by atoms with Crippen molar-refractivity contribution >= 4 is 5.91 Å². The fourth-order valence-corrected chi connectivity index (χ4v) is 2.25. The maximum Gasteiger partial charge on any atom is 0.242 e. The van der Waals surface area contributed by atoms with E-state index in [1.807, 2.05) is 44.2 Å². The summed E-state index contributed by atoms with van der Waals surface area (Å²) in [5, 5.41) is 23.5. The average molecular weight is 303 g/mol. The van der Waals surface area contributed by atoms with Crippen molar-refractivity contribution in [3.8, 4) is 0 Å². The van der Waals surface area contributed by atoms with Crippen molar-refractivity contribution in [1.29, 1.82) is 0 Å². The van der Waals surface area contributed by atoms with Gasteiger partial charge >= 0.3 is 0 Å². The van der Waals surface area contributed by atoms with Crippen LogP contribution in [0.5, 0.6) is 0 Å². The highest BCUT2D eigenvalue weighted by molar-refractivity contribution is 5.76. The number of hydrogen-bond acceptors (Lipinski definition) is 5. The molecular formula is C15H21N5O2. The van der Waals surface area contributed by atoms with Crippen LogP contribution >= 0.6 is 0 Å². The third-order valence-electron chi connectivity index (χ3n) is 3.32. The van der Waals surface area contributed by atoms with Crippen molar-refractivity contribution in [3.63, 3.8) is 0 Å². The number of benzene rings is 1. The van der Waals surface area contributed by atoms with Crippen LogP contribution in [0, 0.1) is 0 Å². The van der Waals surface area contributed by atoms with Crippen molar-refractivity contribution in [2.24, 2.45) is 0 Å². The van der Waals surface area contributed by atoms with E-state index in [0.717, 1.165) is 5.56 Å². The summed E-state index contributed by atoms with van der Waals surface area (Å²) in [6, 6.07) is 9.36. The first-order chi connectivity index (χ1) is 10.6. The predicted octanol–water partition coefficient (Wildman–Crippen LogP) is 1.04. The highest BCUT2D eigenvalue weighted by Crippen LogP contribution is 2.16. The molecular weight excluding hydrogens is 282 g/mol. The Kier molecular flexibility index (Phi) is 5.60. The number of amides is 1. The summed E-state index contributed by atoms with van der Waals surface area (Å²) in [6.07, 6.45) is 0.461. The van der Waals surface area contributed by atoms with Crippen molar-refractivity contribution < 1.29 is 9.90 Å². The number of rotatable bonds is 7. The first-order valence-electron chi connectivity index (χ1n) is 7.33. The van der Waals surface area contributed by atoms with E-state index in [9.17, 15) is 9.90 Å². The van der Waals surface area contributed by atoms with Crippen LogP contribution in [-0.2, 0) is 11.3 Å². The largest absolute Gasteiger partial charge is 0.396 e. The van der Waals surface area contributed by atoms with Crippen LogP contribution in [0.1, 0.15) is 43.6 Å².